The number of hydrogen-bond acceptors (Lipinski definition) is 6. The summed E-state index contributed by atoms with van der Waals surface area (Å²) in [5.41, 5.74) is 1.44. The standard InChI is InChI=1S/C14H15N5O2/c1-2-15-14-17-12-11(7-16-19-12)13(18-14)21-10-5-3-9(8-20)4-6-10/h3-7,20H,2,8H2,1H3,(H2,15,16,17,18,19). The Labute approximate surface area is 121 Å². The van der Waals surface area contributed by atoms with Crippen molar-refractivity contribution in [1.82, 2.24) is 20.2 Å². The van der Waals surface area contributed by atoms with Crippen LogP contribution in [0.1, 0.15) is 12.5 Å². The highest BCUT2D eigenvalue weighted by Crippen LogP contribution is 2.27. The van der Waals surface area contributed by atoms with E-state index in [0.29, 0.717) is 35.2 Å². The van der Waals surface area contributed by atoms with E-state index in [2.05, 4.69) is 25.5 Å². The zero-order valence-electron chi connectivity index (χ0n) is 11.5. The zero-order valence-corrected chi connectivity index (χ0v) is 11.5. The normalized spacial score (nSPS) is 10.8. The zero-order chi connectivity index (χ0) is 14.7. The second-order valence-corrected chi connectivity index (χ2v) is 4.42. The third-order valence-electron chi connectivity index (χ3n) is 2.93. The molecule has 0 aliphatic rings. The summed E-state index contributed by atoms with van der Waals surface area (Å²) in [7, 11) is 0. The van der Waals surface area contributed by atoms with Crippen LogP contribution in [0.15, 0.2) is 30.5 Å². The fourth-order valence-electron chi connectivity index (χ4n) is 1.90. The van der Waals surface area contributed by atoms with Gasteiger partial charge >= 0.3 is 0 Å². The number of H-pyrrole nitrogens is 1. The molecule has 0 aliphatic carbocycles. The molecule has 0 amide bonds. The highest BCUT2D eigenvalue weighted by atomic mass is 16.5. The van der Waals surface area contributed by atoms with E-state index in [1.807, 2.05) is 6.92 Å². The third kappa shape index (κ3) is 2.77. The first-order valence-electron chi connectivity index (χ1n) is 6.62. The van der Waals surface area contributed by atoms with Gasteiger partial charge in [0.1, 0.15) is 11.1 Å². The van der Waals surface area contributed by atoms with Gasteiger partial charge in [0.25, 0.3) is 0 Å². The molecule has 21 heavy (non-hydrogen) atoms. The molecule has 0 saturated carbocycles. The van der Waals surface area contributed by atoms with Gasteiger partial charge in [-0.2, -0.15) is 15.1 Å². The first kappa shape index (κ1) is 13.3. The number of fused-ring (bicyclic) bond motifs is 1. The van der Waals surface area contributed by atoms with Crippen LogP contribution in [0.2, 0.25) is 0 Å². The van der Waals surface area contributed by atoms with E-state index in [1.54, 1.807) is 30.5 Å². The second-order valence-electron chi connectivity index (χ2n) is 4.42. The van der Waals surface area contributed by atoms with Crippen molar-refractivity contribution in [3.8, 4) is 11.6 Å². The van der Waals surface area contributed by atoms with Gasteiger partial charge in [0.15, 0.2) is 5.65 Å². The molecule has 108 valence electrons. The average Bonchev–Trinajstić information content (AvgIpc) is 2.97. The van der Waals surface area contributed by atoms with Crippen LogP contribution in [0.3, 0.4) is 0 Å². The van der Waals surface area contributed by atoms with Gasteiger partial charge in [-0.3, -0.25) is 5.10 Å². The van der Waals surface area contributed by atoms with Crippen LogP contribution in [-0.4, -0.2) is 31.8 Å². The van der Waals surface area contributed by atoms with Crippen molar-refractivity contribution >= 4 is 17.0 Å². The summed E-state index contributed by atoms with van der Waals surface area (Å²) in [6, 6.07) is 7.17. The van der Waals surface area contributed by atoms with E-state index >= 15 is 0 Å². The average molecular weight is 285 g/mol. The summed E-state index contributed by atoms with van der Waals surface area (Å²) in [6.45, 7) is 2.68. The highest BCUT2D eigenvalue weighted by Gasteiger charge is 2.11. The van der Waals surface area contributed by atoms with Gasteiger partial charge in [0.2, 0.25) is 11.8 Å². The van der Waals surface area contributed by atoms with E-state index in [9.17, 15) is 0 Å². The van der Waals surface area contributed by atoms with Crippen molar-refractivity contribution in [3.63, 3.8) is 0 Å². The van der Waals surface area contributed by atoms with Gasteiger partial charge < -0.3 is 15.2 Å². The molecule has 0 bridgehead atoms. The quantitative estimate of drug-likeness (QED) is 0.664. The Hall–Kier alpha value is -2.67. The predicted molar refractivity (Wildman–Crippen MR) is 78.3 cm³/mol. The summed E-state index contributed by atoms with van der Waals surface area (Å²) < 4.78 is 5.80. The lowest BCUT2D eigenvalue weighted by molar-refractivity contribution is 0.281. The largest absolute Gasteiger partial charge is 0.438 e. The number of aliphatic hydroxyl groups excluding tert-OH is 1. The van der Waals surface area contributed by atoms with E-state index < -0.39 is 0 Å². The van der Waals surface area contributed by atoms with E-state index in [0.717, 1.165) is 5.56 Å². The van der Waals surface area contributed by atoms with Crippen LogP contribution in [0, 0.1) is 0 Å². The Kier molecular flexibility index (Phi) is 3.65. The Morgan fingerprint density at radius 1 is 1.24 bits per heavy atom. The molecular weight excluding hydrogens is 270 g/mol. The summed E-state index contributed by atoms with van der Waals surface area (Å²) in [5.74, 6) is 1.55. The number of anilines is 1. The molecule has 0 aliphatic heterocycles. The lowest BCUT2D eigenvalue weighted by Crippen LogP contribution is -2.03. The molecule has 0 atom stereocenters. The summed E-state index contributed by atoms with van der Waals surface area (Å²) in [6.07, 6.45) is 1.63. The smallest absolute Gasteiger partial charge is 0.235 e. The number of aliphatic hydroxyl groups is 1. The number of hydrogen-bond donors (Lipinski definition) is 3. The lowest BCUT2D eigenvalue weighted by atomic mass is 10.2. The number of benzene rings is 1. The first-order chi connectivity index (χ1) is 10.3. The maximum absolute atomic E-state index is 9.05. The molecule has 3 rings (SSSR count). The molecule has 7 nitrogen and oxygen atoms in total. The second kappa shape index (κ2) is 5.76. The predicted octanol–water partition coefficient (Wildman–Crippen LogP) is 2.07. The minimum Gasteiger partial charge on any atom is -0.438 e. The maximum Gasteiger partial charge on any atom is 0.235 e. The molecular formula is C14H15N5O2. The Bertz CT molecular complexity index is 739. The van der Waals surface area contributed by atoms with E-state index in [4.69, 9.17) is 9.84 Å². The first-order valence-corrected chi connectivity index (χ1v) is 6.62. The van der Waals surface area contributed by atoms with Crippen LogP contribution in [0.5, 0.6) is 11.6 Å². The topological polar surface area (TPSA) is 96.0 Å². The number of nitrogens with one attached hydrogen (secondary N) is 2. The molecule has 7 heteroatoms. The van der Waals surface area contributed by atoms with Crippen LogP contribution >= 0.6 is 0 Å². The van der Waals surface area contributed by atoms with Gasteiger partial charge in [-0.25, -0.2) is 0 Å². The van der Waals surface area contributed by atoms with Crippen molar-refractivity contribution in [2.75, 3.05) is 11.9 Å². The maximum atomic E-state index is 9.05. The monoisotopic (exact) mass is 285 g/mol. The molecule has 0 unspecified atom stereocenters. The number of ether oxygens (including phenoxy) is 1. The van der Waals surface area contributed by atoms with Gasteiger partial charge in [0.05, 0.1) is 12.8 Å². The van der Waals surface area contributed by atoms with Gasteiger partial charge in [-0.05, 0) is 24.6 Å². The minimum atomic E-state index is 0.00430. The number of aromatic nitrogens is 4. The molecule has 2 aromatic heterocycles. The molecule has 3 aromatic rings. The van der Waals surface area contributed by atoms with Crippen molar-refractivity contribution < 1.29 is 9.84 Å². The van der Waals surface area contributed by atoms with Crippen molar-refractivity contribution in [1.29, 1.82) is 0 Å². The summed E-state index contributed by atoms with van der Waals surface area (Å²) in [4.78, 5) is 8.65. The number of nitrogens with zero attached hydrogens (tertiary/aromatic N) is 3. The molecule has 0 fully saturated rings. The van der Waals surface area contributed by atoms with Crippen molar-refractivity contribution in [2.45, 2.75) is 13.5 Å². The summed E-state index contributed by atoms with van der Waals surface area (Å²) >= 11 is 0. The van der Waals surface area contributed by atoms with Gasteiger partial charge in [-0.1, -0.05) is 12.1 Å². The minimum absolute atomic E-state index is 0.00430. The van der Waals surface area contributed by atoms with Crippen molar-refractivity contribution in [2.24, 2.45) is 0 Å². The van der Waals surface area contributed by atoms with Gasteiger partial charge in [0, 0.05) is 6.54 Å². The number of aromatic amines is 1. The molecule has 1 aromatic carbocycles. The lowest BCUT2D eigenvalue weighted by Gasteiger charge is -2.08. The summed E-state index contributed by atoms with van der Waals surface area (Å²) in [5, 5.41) is 19.6. The van der Waals surface area contributed by atoms with Crippen LogP contribution in [0.4, 0.5) is 5.95 Å². The molecule has 2 heterocycles. The Balaban J connectivity index is 1.95. The third-order valence-corrected chi connectivity index (χ3v) is 2.93. The van der Waals surface area contributed by atoms with E-state index in [1.165, 1.54) is 0 Å². The fourth-order valence-corrected chi connectivity index (χ4v) is 1.90. The van der Waals surface area contributed by atoms with Crippen molar-refractivity contribution in [3.05, 3.63) is 36.0 Å². The van der Waals surface area contributed by atoms with Gasteiger partial charge in [-0.15, -0.1) is 0 Å². The molecule has 0 spiro atoms. The molecule has 0 radical (unpaired) electrons. The number of rotatable bonds is 5. The fraction of sp³-hybridized carbons (Fsp3) is 0.214. The van der Waals surface area contributed by atoms with Crippen LogP contribution < -0.4 is 10.1 Å². The SMILES string of the molecule is CCNc1nc(Oc2ccc(CO)cc2)c2cn[nH]c2n1. The highest BCUT2D eigenvalue weighted by molar-refractivity contribution is 5.80. The van der Waals surface area contributed by atoms with E-state index in [-0.39, 0.29) is 6.61 Å². The van der Waals surface area contributed by atoms with Crippen LogP contribution in [-0.2, 0) is 6.61 Å². The van der Waals surface area contributed by atoms with Crippen LogP contribution in [0.25, 0.3) is 11.0 Å². The Morgan fingerprint density at radius 3 is 2.76 bits per heavy atom. The molecule has 3 N–H and O–H groups in total. The Morgan fingerprint density at radius 2 is 2.05 bits per heavy atom. The molecule has 0 saturated heterocycles.